The van der Waals surface area contributed by atoms with Gasteiger partial charge in [-0.15, -0.1) is 0 Å². The van der Waals surface area contributed by atoms with Crippen LogP contribution in [0.4, 0.5) is 16.2 Å². The van der Waals surface area contributed by atoms with E-state index >= 15 is 0 Å². The van der Waals surface area contributed by atoms with Gasteiger partial charge in [-0.2, -0.15) is 0 Å². The third-order valence-corrected chi connectivity index (χ3v) is 3.48. The Bertz CT molecular complexity index is 576. The van der Waals surface area contributed by atoms with Crippen LogP contribution in [0.25, 0.3) is 0 Å². The van der Waals surface area contributed by atoms with Crippen molar-refractivity contribution in [3.8, 4) is 0 Å². The lowest BCUT2D eigenvalue weighted by Crippen LogP contribution is -2.31. The van der Waals surface area contributed by atoms with E-state index in [0.29, 0.717) is 11.7 Å². The van der Waals surface area contributed by atoms with Crippen LogP contribution in [0, 0.1) is 0 Å². The topological polar surface area (TPSA) is 65.2 Å². The van der Waals surface area contributed by atoms with E-state index in [4.69, 9.17) is 12.2 Å². The van der Waals surface area contributed by atoms with Crippen molar-refractivity contribution < 1.29 is 4.79 Å². The van der Waals surface area contributed by atoms with Crippen LogP contribution in [0.15, 0.2) is 60.7 Å². The predicted molar refractivity (Wildman–Crippen MR) is 103 cm³/mol. The molecule has 2 rings (SSSR count). The number of hydrogen-bond donors (Lipinski definition) is 4. The largest absolute Gasteiger partial charge is 0.362 e. The number of hydrogen-bond acceptors (Lipinski definition) is 2. The summed E-state index contributed by atoms with van der Waals surface area (Å²) in [5, 5.41) is 12.5. The maximum Gasteiger partial charge on any atom is 0.319 e. The minimum atomic E-state index is -0.185. The Balaban J connectivity index is 1.50. The minimum absolute atomic E-state index is 0.185. The molecule has 0 aromatic heterocycles. The molecular weight excluding hydrogens is 320 g/mol. The highest BCUT2D eigenvalue weighted by atomic mass is 32.1. The number of amides is 2. The fourth-order valence-corrected chi connectivity index (χ4v) is 2.27. The first-order valence-electron chi connectivity index (χ1n) is 7.94. The van der Waals surface area contributed by atoms with Gasteiger partial charge in [-0.3, -0.25) is 0 Å². The second-order valence-electron chi connectivity index (χ2n) is 5.20. The molecular formula is C18H22N4OS. The number of nitrogens with one attached hydrogen (secondary N) is 4. The Morgan fingerprint density at radius 2 is 1.25 bits per heavy atom. The zero-order valence-electron chi connectivity index (χ0n) is 13.4. The van der Waals surface area contributed by atoms with Gasteiger partial charge in [-0.05, 0) is 49.3 Å². The first-order chi connectivity index (χ1) is 11.7. The van der Waals surface area contributed by atoms with Crippen molar-refractivity contribution in [2.45, 2.75) is 12.8 Å². The van der Waals surface area contributed by atoms with Gasteiger partial charge in [0.15, 0.2) is 5.11 Å². The first kappa shape index (κ1) is 17.7. The molecule has 0 unspecified atom stereocenters. The van der Waals surface area contributed by atoms with E-state index in [1.807, 2.05) is 60.7 Å². The number of benzene rings is 2. The van der Waals surface area contributed by atoms with Crippen molar-refractivity contribution in [3.63, 3.8) is 0 Å². The molecule has 0 heterocycles. The van der Waals surface area contributed by atoms with E-state index in [1.165, 1.54) is 0 Å². The smallest absolute Gasteiger partial charge is 0.319 e. The molecule has 0 saturated carbocycles. The highest BCUT2D eigenvalue weighted by Crippen LogP contribution is 2.05. The van der Waals surface area contributed by atoms with Gasteiger partial charge in [0.25, 0.3) is 0 Å². The van der Waals surface area contributed by atoms with Crippen LogP contribution in [0.1, 0.15) is 12.8 Å². The number of unbranched alkanes of at least 4 members (excludes halogenated alkanes) is 1. The maximum absolute atomic E-state index is 11.7. The molecule has 0 radical (unpaired) electrons. The number of rotatable bonds is 7. The van der Waals surface area contributed by atoms with Crippen LogP contribution in [0.2, 0.25) is 0 Å². The fourth-order valence-electron chi connectivity index (χ4n) is 2.05. The summed E-state index contributed by atoms with van der Waals surface area (Å²) in [5.41, 5.74) is 1.75. The molecule has 4 N–H and O–H groups in total. The second kappa shape index (κ2) is 10.2. The number of carbonyl (C=O) groups excluding carboxylic acids is 1. The summed E-state index contributed by atoms with van der Waals surface area (Å²) in [5.74, 6) is 0. The van der Waals surface area contributed by atoms with Crippen LogP contribution in [0.5, 0.6) is 0 Å². The van der Waals surface area contributed by atoms with Gasteiger partial charge >= 0.3 is 6.03 Å². The number of thiocarbonyl (C=S) groups is 1. The number of carbonyl (C=O) groups is 1. The van der Waals surface area contributed by atoms with Crippen LogP contribution in [-0.2, 0) is 0 Å². The maximum atomic E-state index is 11.7. The third kappa shape index (κ3) is 7.11. The normalized spacial score (nSPS) is 9.83. The molecule has 0 aliphatic rings. The summed E-state index contributed by atoms with van der Waals surface area (Å²) in [4.78, 5) is 11.7. The van der Waals surface area contributed by atoms with Crippen molar-refractivity contribution in [1.82, 2.24) is 10.6 Å². The van der Waals surface area contributed by atoms with Gasteiger partial charge < -0.3 is 21.3 Å². The molecule has 5 nitrogen and oxygen atoms in total. The average Bonchev–Trinajstić information content (AvgIpc) is 2.60. The molecule has 6 heteroatoms. The van der Waals surface area contributed by atoms with Gasteiger partial charge in [0, 0.05) is 24.5 Å². The van der Waals surface area contributed by atoms with Crippen molar-refractivity contribution in [2.24, 2.45) is 0 Å². The van der Waals surface area contributed by atoms with E-state index in [2.05, 4.69) is 21.3 Å². The lowest BCUT2D eigenvalue weighted by molar-refractivity contribution is 0.252. The Morgan fingerprint density at radius 3 is 1.83 bits per heavy atom. The molecule has 0 atom stereocenters. The Morgan fingerprint density at radius 1 is 0.750 bits per heavy atom. The zero-order valence-corrected chi connectivity index (χ0v) is 14.2. The zero-order chi connectivity index (χ0) is 17.0. The lowest BCUT2D eigenvalue weighted by Gasteiger charge is -2.11. The minimum Gasteiger partial charge on any atom is -0.362 e. The molecule has 2 aromatic carbocycles. The van der Waals surface area contributed by atoms with Gasteiger partial charge in [0.2, 0.25) is 0 Å². The van der Waals surface area contributed by atoms with Crippen LogP contribution in [-0.4, -0.2) is 24.2 Å². The second-order valence-corrected chi connectivity index (χ2v) is 5.61. The monoisotopic (exact) mass is 342 g/mol. The summed E-state index contributed by atoms with van der Waals surface area (Å²) in [6.45, 7) is 1.39. The van der Waals surface area contributed by atoms with Crippen molar-refractivity contribution in [1.29, 1.82) is 0 Å². The molecule has 2 amide bonds. The number of para-hydroxylation sites is 2. The quantitative estimate of drug-likeness (QED) is 0.459. The molecule has 24 heavy (non-hydrogen) atoms. The highest BCUT2D eigenvalue weighted by molar-refractivity contribution is 7.80. The third-order valence-electron chi connectivity index (χ3n) is 3.24. The standard InChI is InChI=1S/C18H22N4OS/c23-17(21-15-9-3-1-4-10-15)19-13-7-8-14-20-18(24)22-16-11-5-2-6-12-16/h1-6,9-12H,7-8,13-14H2,(H2,19,21,23)(H2,20,22,24). The van der Waals surface area contributed by atoms with E-state index in [1.54, 1.807) is 0 Å². The van der Waals surface area contributed by atoms with E-state index in [9.17, 15) is 4.79 Å². The molecule has 0 bridgehead atoms. The Kier molecular flexibility index (Phi) is 7.56. The molecule has 0 spiro atoms. The molecule has 126 valence electrons. The summed E-state index contributed by atoms with van der Waals surface area (Å²) in [6, 6.07) is 19.0. The Hall–Kier alpha value is -2.60. The Labute approximate surface area is 147 Å². The summed E-state index contributed by atoms with van der Waals surface area (Å²) >= 11 is 5.23. The van der Waals surface area contributed by atoms with E-state index in [0.717, 1.165) is 30.8 Å². The van der Waals surface area contributed by atoms with E-state index in [-0.39, 0.29) is 6.03 Å². The predicted octanol–water partition coefficient (Wildman–Crippen LogP) is 3.57. The van der Waals surface area contributed by atoms with Gasteiger partial charge in [-0.25, -0.2) is 4.79 Å². The SMILES string of the molecule is O=C(NCCCCNC(=S)Nc1ccccc1)Nc1ccccc1. The summed E-state index contributed by atoms with van der Waals surface area (Å²) in [6.07, 6.45) is 1.80. The van der Waals surface area contributed by atoms with Crippen molar-refractivity contribution in [2.75, 3.05) is 23.7 Å². The first-order valence-corrected chi connectivity index (χ1v) is 8.34. The summed E-state index contributed by atoms with van der Waals surface area (Å²) < 4.78 is 0. The van der Waals surface area contributed by atoms with Crippen molar-refractivity contribution >= 4 is 34.7 Å². The fraction of sp³-hybridized carbons (Fsp3) is 0.222. The van der Waals surface area contributed by atoms with Gasteiger partial charge in [0.05, 0.1) is 0 Å². The van der Waals surface area contributed by atoms with Crippen molar-refractivity contribution in [3.05, 3.63) is 60.7 Å². The van der Waals surface area contributed by atoms with Gasteiger partial charge in [-0.1, -0.05) is 36.4 Å². The molecule has 0 fully saturated rings. The van der Waals surface area contributed by atoms with Crippen LogP contribution >= 0.6 is 12.2 Å². The van der Waals surface area contributed by atoms with Crippen LogP contribution in [0.3, 0.4) is 0 Å². The molecule has 0 aliphatic carbocycles. The van der Waals surface area contributed by atoms with E-state index < -0.39 is 0 Å². The van der Waals surface area contributed by atoms with Gasteiger partial charge in [0.1, 0.15) is 0 Å². The average molecular weight is 342 g/mol. The van der Waals surface area contributed by atoms with Crippen LogP contribution < -0.4 is 21.3 Å². The highest BCUT2D eigenvalue weighted by Gasteiger charge is 2.00. The number of anilines is 2. The lowest BCUT2D eigenvalue weighted by atomic mass is 10.3. The molecule has 0 saturated heterocycles. The molecule has 0 aliphatic heterocycles. The summed E-state index contributed by atoms with van der Waals surface area (Å²) in [7, 11) is 0. The number of urea groups is 1. The molecule has 2 aromatic rings.